The van der Waals surface area contributed by atoms with E-state index in [0.29, 0.717) is 29.7 Å². The lowest BCUT2D eigenvalue weighted by Gasteiger charge is -2.43. The molecule has 0 radical (unpaired) electrons. The van der Waals surface area contributed by atoms with Crippen LogP contribution in [0.3, 0.4) is 0 Å². The third-order valence-corrected chi connectivity index (χ3v) is 9.03. The first-order chi connectivity index (χ1) is 19.3. The largest absolute Gasteiger partial charge is 0.488 e. The molecule has 2 atom stereocenters. The van der Waals surface area contributed by atoms with Crippen molar-refractivity contribution in [2.24, 2.45) is 0 Å². The molecule has 214 valence electrons. The number of ether oxygens (including phenoxy) is 1. The first-order valence-electron chi connectivity index (χ1n) is 14.9. The number of carbonyl (C=O) groups excluding carboxylic acids is 2. The van der Waals surface area contributed by atoms with Crippen molar-refractivity contribution in [3.05, 3.63) is 29.5 Å². The van der Waals surface area contributed by atoms with Gasteiger partial charge in [0.2, 0.25) is 11.9 Å². The number of nitrogens with zero attached hydrogens (tertiary/aromatic N) is 5. The van der Waals surface area contributed by atoms with Gasteiger partial charge in [0, 0.05) is 36.7 Å². The lowest BCUT2D eigenvalue weighted by atomic mass is 10.00. The highest BCUT2D eigenvalue weighted by molar-refractivity contribution is 6.04. The Morgan fingerprint density at radius 3 is 2.60 bits per heavy atom. The van der Waals surface area contributed by atoms with Crippen molar-refractivity contribution in [3.8, 4) is 5.75 Å². The fourth-order valence-electron chi connectivity index (χ4n) is 6.79. The second-order valence-corrected chi connectivity index (χ2v) is 11.8. The van der Waals surface area contributed by atoms with Crippen LogP contribution in [0.2, 0.25) is 0 Å². The predicted octanol–water partition coefficient (Wildman–Crippen LogP) is 3.87. The number of carbonyl (C=O) groups is 2. The minimum Gasteiger partial charge on any atom is -0.488 e. The van der Waals surface area contributed by atoms with E-state index in [0.717, 1.165) is 67.9 Å². The summed E-state index contributed by atoms with van der Waals surface area (Å²) in [5, 5.41) is 6.63. The van der Waals surface area contributed by atoms with Gasteiger partial charge in [-0.2, -0.15) is 4.98 Å². The van der Waals surface area contributed by atoms with Gasteiger partial charge in [0.1, 0.15) is 23.6 Å². The van der Waals surface area contributed by atoms with Gasteiger partial charge in [-0.3, -0.25) is 9.59 Å². The van der Waals surface area contributed by atoms with E-state index in [9.17, 15) is 9.59 Å². The van der Waals surface area contributed by atoms with Crippen LogP contribution in [0.1, 0.15) is 74.7 Å². The van der Waals surface area contributed by atoms with E-state index in [1.807, 2.05) is 26.1 Å². The van der Waals surface area contributed by atoms with Crippen LogP contribution in [0.15, 0.2) is 18.3 Å². The standard InChI is InChI=1S/C30H41N7O3/c1-5-24-29(39)36(4)25-17-31-30(34-27(25)37(24)20-8-6-7-9-20)33-23-11-10-21(22-16-18(2)40-26(22)23)28(38)32-19-12-14-35(3)15-13-19/h10-11,17-20,24H,5-9,12-16H2,1-4H3,(H,32,38)(H,31,33,34)/t18?,24-/m1/s1. The van der Waals surface area contributed by atoms with Crippen LogP contribution in [-0.2, 0) is 11.2 Å². The van der Waals surface area contributed by atoms with Crippen molar-refractivity contribution < 1.29 is 14.3 Å². The van der Waals surface area contributed by atoms with E-state index in [1.54, 1.807) is 11.1 Å². The number of likely N-dealkylation sites (N-methyl/N-ethyl adjacent to an activating group) is 1. The summed E-state index contributed by atoms with van der Waals surface area (Å²) in [5.41, 5.74) is 3.08. The molecule has 1 aliphatic carbocycles. The van der Waals surface area contributed by atoms with Crippen LogP contribution in [0.5, 0.6) is 5.75 Å². The minimum atomic E-state index is -0.223. The number of hydrogen-bond donors (Lipinski definition) is 2. The summed E-state index contributed by atoms with van der Waals surface area (Å²) in [7, 11) is 3.93. The van der Waals surface area contributed by atoms with E-state index in [-0.39, 0.29) is 30.0 Å². The smallest absolute Gasteiger partial charge is 0.251 e. The van der Waals surface area contributed by atoms with Gasteiger partial charge in [-0.05, 0) is 71.3 Å². The molecule has 2 fully saturated rings. The molecule has 10 nitrogen and oxygen atoms in total. The van der Waals surface area contributed by atoms with E-state index in [2.05, 4.69) is 39.4 Å². The van der Waals surface area contributed by atoms with Gasteiger partial charge in [-0.15, -0.1) is 0 Å². The van der Waals surface area contributed by atoms with Crippen molar-refractivity contribution in [2.45, 2.75) is 89.4 Å². The first kappa shape index (κ1) is 26.8. The normalized spacial score (nSPS) is 23.6. The average Bonchev–Trinajstić information content (AvgIpc) is 3.62. The number of benzene rings is 1. The predicted molar refractivity (Wildman–Crippen MR) is 156 cm³/mol. The second kappa shape index (κ2) is 10.9. The number of fused-ring (bicyclic) bond motifs is 2. The maximum atomic E-state index is 13.3. The molecule has 4 heterocycles. The van der Waals surface area contributed by atoms with E-state index >= 15 is 0 Å². The number of amides is 2. The lowest BCUT2D eigenvalue weighted by Crippen LogP contribution is -2.55. The summed E-state index contributed by atoms with van der Waals surface area (Å²) in [6.45, 7) is 6.08. The average molecular weight is 548 g/mol. The molecule has 10 heteroatoms. The summed E-state index contributed by atoms with van der Waals surface area (Å²) in [5.74, 6) is 2.01. The zero-order valence-corrected chi connectivity index (χ0v) is 24.1. The number of likely N-dealkylation sites (tertiary alicyclic amines) is 1. The summed E-state index contributed by atoms with van der Waals surface area (Å²) in [6.07, 6.45) is 9.52. The Bertz CT molecular complexity index is 1290. The number of nitrogens with one attached hydrogen (secondary N) is 2. The second-order valence-electron chi connectivity index (χ2n) is 11.8. The van der Waals surface area contributed by atoms with Crippen LogP contribution < -0.4 is 25.2 Å². The molecule has 4 aliphatic rings. The van der Waals surface area contributed by atoms with Gasteiger partial charge >= 0.3 is 0 Å². The van der Waals surface area contributed by atoms with Crippen molar-refractivity contribution in [1.82, 2.24) is 20.2 Å². The quantitative estimate of drug-likeness (QED) is 0.562. The molecule has 2 N–H and O–H groups in total. The Kier molecular flexibility index (Phi) is 7.29. The molecule has 1 aromatic carbocycles. The highest BCUT2D eigenvalue weighted by Gasteiger charge is 2.41. The first-order valence-corrected chi connectivity index (χ1v) is 14.9. The molecule has 40 heavy (non-hydrogen) atoms. The number of piperidine rings is 1. The minimum absolute atomic E-state index is 0.0277. The number of aromatic nitrogens is 2. The molecule has 2 amide bonds. The zero-order valence-electron chi connectivity index (χ0n) is 24.1. The molecular formula is C30H41N7O3. The monoisotopic (exact) mass is 547 g/mol. The van der Waals surface area contributed by atoms with Crippen LogP contribution in [0.25, 0.3) is 0 Å². The zero-order chi connectivity index (χ0) is 28.0. The molecule has 2 aromatic rings. The highest BCUT2D eigenvalue weighted by Crippen LogP contribution is 2.42. The lowest BCUT2D eigenvalue weighted by molar-refractivity contribution is -0.120. The van der Waals surface area contributed by atoms with E-state index in [1.165, 1.54) is 12.8 Å². The Morgan fingerprint density at radius 1 is 1.12 bits per heavy atom. The van der Waals surface area contributed by atoms with Gasteiger partial charge < -0.3 is 30.1 Å². The van der Waals surface area contributed by atoms with E-state index in [4.69, 9.17) is 9.72 Å². The topological polar surface area (TPSA) is 103 Å². The van der Waals surface area contributed by atoms with Crippen molar-refractivity contribution in [3.63, 3.8) is 0 Å². The Labute approximate surface area is 236 Å². The molecule has 0 spiro atoms. The van der Waals surface area contributed by atoms with Crippen molar-refractivity contribution in [2.75, 3.05) is 42.3 Å². The van der Waals surface area contributed by atoms with Crippen molar-refractivity contribution >= 4 is 35.0 Å². The van der Waals surface area contributed by atoms with Crippen LogP contribution >= 0.6 is 0 Å². The Hall–Kier alpha value is -3.40. The third kappa shape index (κ3) is 4.87. The Morgan fingerprint density at radius 2 is 1.88 bits per heavy atom. The van der Waals surface area contributed by atoms with Crippen molar-refractivity contribution in [1.29, 1.82) is 0 Å². The van der Waals surface area contributed by atoms with Gasteiger partial charge in [0.25, 0.3) is 5.91 Å². The van der Waals surface area contributed by atoms with E-state index < -0.39 is 0 Å². The highest BCUT2D eigenvalue weighted by atomic mass is 16.5. The van der Waals surface area contributed by atoms with Gasteiger partial charge in [-0.25, -0.2) is 4.98 Å². The molecule has 1 aromatic heterocycles. The summed E-state index contributed by atoms with van der Waals surface area (Å²) >= 11 is 0. The van der Waals surface area contributed by atoms with Gasteiger partial charge in [-0.1, -0.05) is 19.8 Å². The number of rotatable bonds is 6. The molecule has 1 saturated carbocycles. The third-order valence-electron chi connectivity index (χ3n) is 9.03. The fraction of sp³-hybridized carbons (Fsp3) is 0.600. The molecule has 1 saturated heterocycles. The van der Waals surface area contributed by atoms with Crippen LogP contribution in [0.4, 0.5) is 23.1 Å². The number of hydrogen-bond acceptors (Lipinski definition) is 8. The van der Waals surface area contributed by atoms with Crippen LogP contribution in [0, 0.1) is 0 Å². The maximum Gasteiger partial charge on any atom is 0.251 e. The maximum absolute atomic E-state index is 13.3. The molecule has 0 bridgehead atoms. The molecular weight excluding hydrogens is 506 g/mol. The molecule has 3 aliphatic heterocycles. The fourth-order valence-corrected chi connectivity index (χ4v) is 6.79. The van der Waals surface area contributed by atoms with Gasteiger partial charge in [0.15, 0.2) is 5.82 Å². The summed E-state index contributed by atoms with van der Waals surface area (Å²) < 4.78 is 6.22. The molecule has 6 rings (SSSR count). The number of anilines is 4. The molecule has 1 unspecified atom stereocenters. The summed E-state index contributed by atoms with van der Waals surface area (Å²) in [6, 6.07) is 4.05. The van der Waals surface area contributed by atoms with Gasteiger partial charge in [0.05, 0.1) is 11.9 Å². The van der Waals surface area contributed by atoms with Crippen LogP contribution in [-0.4, -0.2) is 78.1 Å². The Balaban J connectivity index is 1.28. The summed E-state index contributed by atoms with van der Waals surface area (Å²) in [4.78, 5) is 42.3. The SMILES string of the molecule is CC[C@@H]1C(=O)N(C)c2cnc(Nc3ccc(C(=O)NC4CCN(C)CC4)c4c3OC(C)C4)nc2N1C1CCCC1.